The van der Waals surface area contributed by atoms with E-state index in [2.05, 4.69) is 0 Å². The zero-order chi connectivity index (χ0) is 21.1. The number of esters is 1. The fraction of sp³-hybridized carbons (Fsp3) is 0.250. The number of likely N-dealkylation sites (tertiary alicyclic amines) is 1. The number of benzene rings is 3. The second-order valence-corrected chi connectivity index (χ2v) is 7.59. The number of carbonyl (C=O) groups excluding carboxylic acids is 1. The molecule has 3 aromatic rings. The first-order valence-corrected chi connectivity index (χ1v) is 9.90. The average molecular weight is 405 g/mol. The Kier molecular flexibility index (Phi) is 5.68. The number of rotatable bonds is 5. The lowest BCUT2D eigenvalue weighted by Crippen LogP contribution is -2.45. The highest BCUT2D eigenvalue weighted by Gasteiger charge is 2.47. The van der Waals surface area contributed by atoms with Crippen LogP contribution >= 0.6 is 0 Å². The van der Waals surface area contributed by atoms with E-state index in [1.54, 1.807) is 0 Å². The first kappa shape index (κ1) is 19.9. The molecule has 1 amide bonds. The molecule has 6 heteroatoms. The largest absolute Gasteiger partial charge is 0.465 e. The molecule has 2 N–H and O–H groups in total. The van der Waals surface area contributed by atoms with E-state index >= 15 is 0 Å². The number of carboxylic acid groups (broad SMARTS) is 1. The lowest BCUT2D eigenvalue weighted by molar-refractivity contribution is -0.151. The summed E-state index contributed by atoms with van der Waals surface area (Å²) in [6, 6.07) is 22.2. The monoisotopic (exact) mass is 405 g/mol. The predicted molar refractivity (Wildman–Crippen MR) is 112 cm³/mol. The van der Waals surface area contributed by atoms with Gasteiger partial charge in [-0.2, -0.15) is 0 Å². The fourth-order valence-corrected chi connectivity index (χ4v) is 4.07. The number of amides is 1. The van der Waals surface area contributed by atoms with Gasteiger partial charge in [-0.05, 0) is 34.7 Å². The number of aliphatic hydroxyl groups is 1. The van der Waals surface area contributed by atoms with Crippen molar-refractivity contribution in [3.05, 3.63) is 83.9 Å². The fourth-order valence-electron chi connectivity index (χ4n) is 4.07. The van der Waals surface area contributed by atoms with Gasteiger partial charge < -0.3 is 14.9 Å². The zero-order valence-corrected chi connectivity index (χ0v) is 16.3. The number of aliphatic hydroxyl groups excluding tert-OH is 1. The quantitative estimate of drug-likeness (QED) is 0.631. The molecule has 0 radical (unpaired) electrons. The minimum absolute atomic E-state index is 0.0646. The maximum Gasteiger partial charge on any atom is 0.410 e. The van der Waals surface area contributed by atoms with Crippen LogP contribution in [-0.4, -0.2) is 39.4 Å². The van der Waals surface area contributed by atoms with E-state index < -0.39 is 30.3 Å². The van der Waals surface area contributed by atoms with E-state index in [0.29, 0.717) is 6.42 Å². The van der Waals surface area contributed by atoms with Crippen LogP contribution in [0.1, 0.15) is 17.5 Å². The van der Waals surface area contributed by atoms with Crippen LogP contribution in [0.4, 0.5) is 4.79 Å². The SMILES string of the molecule is O=C(OCc1ccccc1)[C@H]1C[C@H](Cc2ccc3ccccc3c2)C(O)N1C(=O)O. The summed E-state index contributed by atoms with van der Waals surface area (Å²) in [6.07, 6.45) is -1.90. The molecule has 3 atom stereocenters. The van der Waals surface area contributed by atoms with E-state index in [1.807, 2.05) is 72.8 Å². The number of ether oxygens (including phenoxy) is 1. The van der Waals surface area contributed by atoms with Gasteiger partial charge in [0, 0.05) is 5.92 Å². The number of nitrogens with zero attached hydrogens (tertiary/aromatic N) is 1. The summed E-state index contributed by atoms with van der Waals surface area (Å²) in [5.41, 5.74) is 1.81. The van der Waals surface area contributed by atoms with E-state index in [1.165, 1.54) is 0 Å². The second-order valence-electron chi connectivity index (χ2n) is 7.59. The lowest BCUT2D eigenvalue weighted by Gasteiger charge is -2.24. The Morgan fingerprint density at radius 2 is 1.63 bits per heavy atom. The Labute approximate surface area is 174 Å². The van der Waals surface area contributed by atoms with E-state index in [-0.39, 0.29) is 13.0 Å². The van der Waals surface area contributed by atoms with Gasteiger partial charge in [0.2, 0.25) is 0 Å². The van der Waals surface area contributed by atoms with Gasteiger partial charge in [0.1, 0.15) is 18.9 Å². The Hall–Kier alpha value is -3.38. The van der Waals surface area contributed by atoms with Crippen molar-refractivity contribution in [2.75, 3.05) is 0 Å². The third kappa shape index (κ3) is 4.14. The Bertz CT molecular complexity index is 1050. The van der Waals surface area contributed by atoms with Crippen molar-refractivity contribution >= 4 is 22.8 Å². The molecule has 3 aromatic carbocycles. The molecule has 1 saturated heterocycles. The molecule has 30 heavy (non-hydrogen) atoms. The molecule has 1 aliphatic rings. The summed E-state index contributed by atoms with van der Waals surface area (Å²) >= 11 is 0. The molecule has 4 rings (SSSR count). The first-order valence-electron chi connectivity index (χ1n) is 9.90. The van der Waals surface area contributed by atoms with Gasteiger partial charge in [-0.25, -0.2) is 9.59 Å². The van der Waals surface area contributed by atoms with Crippen LogP contribution in [0, 0.1) is 5.92 Å². The van der Waals surface area contributed by atoms with Gasteiger partial charge in [-0.3, -0.25) is 4.90 Å². The van der Waals surface area contributed by atoms with Gasteiger partial charge in [0.25, 0.3) is 0 Å². The highest BCUT2D eigenvalue weighted by atomic mass is 16.5. The number of carbonyl (C=O) groups is 2. The van der Waals surface area contributed by atoms with Crippen molar-refractivity contribution in [2.24, 2.45) is 5.92 Å². The molecule has 1 heterocycles. The molecular weight excluding hydrogens is 382 g/mol. The van der Waals surface area contributed by atoms with Crippen LogP contribution in [0.15, 0.2) is 72.8 Å². The molecule has 1 aliphatic heterocycles. The lowest BCUT2D eigenvalue weighted by atomic mass is 9.94. The average Bonchev–Trinajstić information content (AvgIpc) is 3.09. The summed E-state index contributed by atoms with van der Waals surface area (Å²) in [5.74, 6) is -1.03. The third-order valence-corrected chi connectivity index (χ3v) is 5.60. The van der Waals surface area contributed by atoms with Crippen LogP contribution < -0.4 is 0 Å². The Morgan fingerprint density at radius 3 is 2.37 bits per heavy atom. The highest BCUT2D eigenvalue weighted by Crippen LogP contribution is 2.33. The molecular formula is C24H23NO5. The van der Waals surface area contributed by atoms with Gasteiger partial charge in [0.05, 0.1) is 0 Å². The maximum atomic E-state index is 12.6. The van der Waals surface area contributed by atoms with Crippen molar-refractivity contribution in [2.45, 2.75) is 31.7 Å². The summed E-state index contributed by atoms with van der Waals surface area (Å²) < 4.78 is 5.34. The Balaban J connectivity index is 1.48. The van der Waals surface area contributed by atoms with Gasteiger partial charge in [-0.1, -0.05) is 72.8 Å². The molecule has 0 bridgehead atoms. The zero-order valence-electron chi connectivity index (χ0n) is 16.3. The summed E-state index contributed by atoms with van der Waals surface area (Å²) in [5, 5.41) is 22.4. The van der Waals surface area contributed by atoms with Crippen LogP contribution in [0.25, 0.3) is 10.8 Å². The van der Waals surface area contributed by atoms with Gasteiger partial charge in [0.15, 0.2) is 0 Å². The van der Waals surface area contributed by atoms with Crippen LogP contribution in [-0.2, 0) is 22.6 Å². The van der Waals surface area contributed by atoms with Gasteiger partial charge >= 0.3 is 12.1 Å². The minimum atomic E-state index is -1.33. The molecule has 6 nitrogen and oxygen atoms in total. The van der Waals surface area contributed by atoms with Crippen LogP contribution in [0.2, 0.25) is 0 Å². The molecule has 0 spiro atoms. The van der Waals surface area contributed by atoms with Crippen molar-refractivity contribution in [1.82, 2.24) is 4.90 Å². The number of hydrogen-bond donors (Lipinski definition) is 2. The van der Waals surface area contributed by atoms with Crippen LogP contribution in [0.3, 0.4) is 0 Å². The van der Waals surface area contributed by atoms with E-state index in [9.17, 15) is 19.8 Å². The number of fused-ring (bicyclic) bond motifs is 1. The topological polar surface area (TPSA) is 87.1 Å². The second kappa shape index (κ2) is 8.55. The van der Waals surface area contributed by atoms with Crippen LogP contribution in [0.5, 0.6) is 0 Å². The van der Waals surface area contributed by atoms with E-state index in [4.69, 9.17) is 4.74 Å². The predicted octanol–water partition coefficient (Wildman–Crippen LogP) is 3.81. The summed E-state index contributed by atoms with van der Waals surface area (Å²) in [4.78, 5) is 25.2. The summed E-state index contributed by atoms with van der Waals surface area (Å²) in [6.45, 7) is 0.0646. The molecule has 154 valence electrons. The van der Waals surface area contributed by atoms with E-state index in [0.717, 1.165) is 26.8 Å². The molecule has 0 aliphatic carbocycles. The van der Waals surface area contributed by atoms with Crippen molar-refractivity contribution < 1.29 is 24.5 Å². The standard InChI is InChI=1S/C24H23NO5/c26-22-20(13-17-10-11-18-8-4-5-9-19(18)12-17)14-21(25(22)24(28)29)23(27)30-15-16-6-2-1-3-7-16/h1-12,20-22,26H,13-15H2,(H,28,29)/t20-,21+,22?/m0/s1. The summed E-state index contributed by atoms with van der Waals surface area (Å²) in [7, 11) is 0. The van der Waals surface area contributed by atoms with Crippen molar-refractivity contribution in [3.8, 4) is 0 Å². The molecule has 1 unspecified atom stereocenters. The minimum Gasteiger partial charge on any atom is -0.465 e. The number of hydrogen-bond acceptors (Lipinski definition) is 4. The third-order valence-electron chi connectivity index (χ3n) is 5.60. The van der Waals surface area contributed by atoms with Crippen molar-refractivity contribution in [3.63, 3.8) is 0 Å². The highest BCUT2D eigenvalue weighted by molar-refractivity contribution is 5.83. The molecule has 0 saturated carbocycles. The molecule has 0 aromatic heterocycles. The maximum absolute atomic E-state index is 12.6. The van der Waals surface area contributed by atoms with Gasteiger partial charge in [-0.15, -0.1) is 0 Å². The smallest absolute Gasteiger partial charge is 0.410 e. The molecule has 1 fully saturated rings. The first-order chi connectivity index (χ1) is 14.5. The normalized spacial score (nSPS) is 21.0. The Morgan fingerprint density at radius 1 is 0.933 bits per heavy atom. The van der Waals surface area contributed by atoms with Crippen molar-refractivity contribution in [1.29, 1.82) is 0 Å².